The molecule has 1 aliphatic heterocycles. The van der Waals surface area contributed by atoms with Gasteiger partial charge in [-0.25, -0.2) is 14.8 Å². The van der Waals surface area contributed by atoms with Crippen LogP contribution in [0, 0.1) is 0 Å². The molecule has 3 heterocycles. The van der Waals surface area contributed by atoms with Gasteiger partial charge in [0.15, 0.2) is 5.82 Å². The first-order valence-electron chi connectivity index (χ1n) is 6.42. The number of carbonyl (C=O) groups excluding carboxylic acids is 2. The van der Waals surface area contributed by atoms with Crippen molar-refractivity contribution in [1.29, 1.82) is 0 Å². The molecule has 0 saturated carbocycles. The molecule has 0 aromatic carbocycles. The average molecular weight is 306 g/mol. The lowest BCUT2D eigenvalue weighted by molar-refractivity contribution is -0.129. The molecule has 1 amide bonds. The van der Waals surface area contributed by atoms with Crippen molar-refractivity contribution in [3.63, 3.8) is 0 Å². The molecule has 0 unspecified atom stereocenters. The molecule has 0 bridgehead atoms. The van der Waals surface area contributed by atoms with Crippen LogP contribution in [0.4, 0.5) is 5.82 Å². The summed E-state index contributed by atoms with van der Waals surface area (Å²) in [6.45, 7) is 1.55. The van der Waals surface area contributed by atoms with Gasteiger partial charge in [-0.2, -0.15) is 0 Å². The van der Waals surface area contributed by atoms with Gasteiger partial charge in [0, 0.05) is 20.1 Å². The summed E-state index contributed by atoms with van der Waals surface area (Å²) in [4.78, 5) is 35.6. The lowest BCUT2D eigenvalue weighted by Crippen LogP contribution is -2.49. The summed E-state index contributed by atoms with van der Waals surface area (Å²) in [5.74, 6) is 0.0932. The molecule has 3 rings (SSSR count). The van der Waals surface area contributed by atoms with E-state index in [0.29, 0.717) is 24.4 Å². The number of esters is 1. The number of nitrogens with zero attached hydrogens (tertiary/aromatic N) is 4. The van der Waals surface area contributed by atoms with Gasteiger partial charge in [-0.1, -0.05) is 0 Å². The number of piperazine rings is 1. The molecule has 110 valence electrons. The number of hydrogen-bond donors (Lipinski definition) is 0. The second-order valence-electron chi connectivity index (χ2n) is 4.73. The van der Waals surface area contributed by atoms with E-state index in [0.717, 1.165) is 4.70 Å². The van der Waals surface area contributed by atoms with Crippen LogP contribution in [-0.4, -0.2) is 60.5 Å². The summed E-state index contributed by atoms with van der Waals surface area (Å²) < 4.78 is 5.56. The molecule has 1 saturated heterocycles. The van der Waals surface area contributed by atoms with Gasteiger partial charge in [-0.15, -0.1) is 11.3 Å². The molecular formula is C13H14N4O3S. The number of hydrogen-bond acceptors (Lipinski definition) is 7. The predicted molar refractivity (Wildman–Crippen MR) is 78.6 cm³/mol. The van der Waals surface area contributed by atoms with E-state index in [9.17, 15) is 9.59 Å². The maximum Gasteiger partial charge on any atom is 0.376 e. The van der Waals surface area contributed by atoms with E-state index in [-0.39, 0.29) is 18.3 Å². The molecule has 1 aliphatic rings. The highest BCUT2D eigenvalue weighted by molar-refractivity contribution is 7.17. The van der Waals surface area contributed by atoms with Crippen LogP contribution < -0.4 is 4.90 Å². The second-order valence-corrected chi connectivity index (χ2v) is 5.65. The lowest BCUT2D eigenvalue weighted by atomic mass is 10.3. The number of thiophene rings is 1. The fraction of sp³-hybridized carbons (Fsp3) is 0.385. The number of likely N-dealkylation sites (N-methyl/N-ethyl adjacent to an activating group) is 1. The summed E-state index contributed by atoms with van der Waals surface area (Å²) in [7, 11) is 3.07. The Morgan fingerprint density at radius 1 is 1.38 bits per heavy atom. The Morgan fingerprint density at radius 2 is 2.19 bits per heavy atom. The first-order valence-corrected chi connectivity index (χ1v) is 7.30. The quantitative estimate of drug-likeness (QED) is 0.762. The number of amides is 1. The van der Waals surface area contributed by atoms with Crippen LogP contribution in [-0.2, 0) is 9.53 Å². The smallest absolute Gasteiger partial charge is 0.376 e. The first-order chi connectivity index (χ1) is 10.1. The van der Waals surface area contributed by atoms with Crippen LogP contribution in [0.3, 0.4) is 0 Å². The van der Waals surface area contributed by atoms with Crippen LogP contribution in [0.2, 0.25) is 0 Å². The number of aromatic nitrogens is 2. The number of ether oxygens (including phenoxy) is 1. The largest absolute Gasteiger partial charge is 0.463 e. The minimum atomic E-state index is -0.579. The highest BCUT2D eigenvalue weighted by Crippen LogP contribution is 2.29. The van der Waals surface area contributed by atoms with E-state index in [1.807, 2.05) is 16.3 Å². The van der Waals surface area contributed by atoms with Gasteiger partial charge >= 0.3 is 5.97 Å². The Kier molecular flexibility index (Phi) is 3.46. The fourth-order valence-electron chi connectivity index (χ4n) is 2.18. The Labute approximate surface area is 125 Å². The molecule has 0 aliphatic carbocycles. The van der Waals surface area contributed by atoms with Crippen LogP contribution in [0.5, 0.6) is 0 Å². The van der Waals surface area contributed by atoms with Gasteiger partial charge in [-0.3, -0.25) is 4.79 Å². The molecular weight excluding hydrogens is 292 g/mol. The maximum absolute atomic E-state index is 11.9. The topological polar surface area (TPSA) is 75.6 Å². The van der Waals surface area contributed by atoms with Crippen molar-refractivity contribution in [3.05, 3.63) is 17.3 Å². The third-order valence-corrected chi connectivity index (χ3v) is 4.31. The van der Waals surface area contributed by atoms with Crippen molar-refractivity contribution in [3.8, 4) is 0 Å². The van der Waals surface area contributed by atoms with E-state index in [1.165, 1.54) is 18.4 Å². The van der Waals surface area contributed by atoms with E-state index in [1.54, 1.807) is 11.9 Å². The highest BCUT2D eigenvalue weighted by Gasteiger charge is 2.25. The molecule has 0 spiro atoms. The Bertz CT molecular complexity index is 715. The fourth-order valence-corrected chi connectivity index (χ4v) is 3.03. The van der Waals surface area contributed by atoms with E-state index >= 15 is 0 Å². The Morgan fingerprint density at radius 3 is 2.90 bits per heavy atom. The average Bonchev–Trinajstić information content (AvgIpc) is 2.96. The zero-order valence-electron chi connectivity index (χ0n) is 11.7. The van der Waals surface area contributed by atoms with E-state index in [4.69, 9.17) is 0 Å². The van der Waals surface area contributed by atoms with Crippen molar-refractivity contribution in [2.24, 2.45) is 0 Å². The van der Waals surface area contributed by atoms with E-state index < -0.39 is 5.97 Å². The first kappa shape index (κ1) is 13.7. The summed E-state index contributed by atoms with van der Waals surface area (Å²) in [5, 5.41) is 1.89. The van der Waals surface area contributed by atoms with Crippen molar-refractivity contribution < 1.29 is 14.3 Å². The summed E-state index contributed by atoms with van der Waals surface area (Å²) >= 11 is 1.49. The standard InChI is InChI=1S/C13H14N4O3S/c1-16-4-5-17(7-9(16)18)12-10-8(3-6-21-10)14-11(15-12)13(19)20-2/h3,6H,4-5,7H2,1-2H3. The van der Waals surface area contributed by atoms with Gasteiger partial charge in [0.2, 0.25) is 11.7 Å². The number of carbonyl (C=O) groups is 2. The predicted octanol–water partition coefficient (Wildman–Crippen LogP) is 0.756. The van der Waals surface area contributed by atoms with Crippen LogP contribution in [0.1, 0.15) is 10.6 Å². The maximum atomic E-state index is 11.9. The third-order valence-electron chi connectivity index (χ3n) is 3.41. The van der Waals surface area contributed by atoms with Gasteiger partial charge in [0.05, 0.1) is 23.9 Å². The van der Waals surface area contributed by atoms with Gasteiger partial charge in [0.25, 0.3) is 0 Å². The lowest BCUT2D eigenvalue weighted by Gasteiger charge is -2.32. The minimum Gasteiger partial charge on any atom is -0.463 e. The van der Waals surface area contributed by atoms with Crippen molar-refractivity contribution in [2.45, 2.75) is 0 Å². The molecule has 7 nitrogen and oxygen atoms in total. The van der Waals surface area contributed by atoms with Crippen molar-refractivity contribution in [1.82, 2.24) is 14.9 Å². The molecule has 0 radical (unpaired) electrons. The van der Waals surface area contributed by atoms with Gasteiger partial charge in [-0.05, 0) is 11.4 Å². The Balaban J connectivity index is 2.06. The molecule has 2 aromatic heterocycles. The van der Waals surface area contributed by atoms with Gasteiger partial charge in [0.1, 0.15) is 0 Å². The molecule has 0 atom stereocenters. The summed E-state index contributed by atoms with van der Waals surface area (Å²) in [6.07, 6.45) is 0. The molecule has 1 fully saturated rings. The van der Waals surface area contributed by atoms with Crippen LogP contribution in [0.25, 0.3) is 10.2 Å². The second kappa shape index (κ2) is 5.28. The Hall–Kier alpha value is -2.22. The van der Waals surface area contributed by atoms with Crippen molar-refractivity contribution >= 4 is 39.2 Å². The van der Waals surface area contributed by atoms with E-state index in [2.05, 4.69) is 14.7 Å². The number of fused-ring (bicyclic) bond motifs is 1. The SMILES string of the molecule is COC(=O)c1nc(N2CCN(C)C(=O)C2)c2sccc2n1. The molecule has 8 heteroatoms. The summed E-state index contributed by atoms with van der Waals surface area (Å²) in [6, 6.07) is 1.83. The van der Waals surface area contributed by atoms with Crippen LogP contribution >= 0.6 is 11.3 Å². The molecule has 0 N–H and O–H groups in total. The number of anilines is 1. The summed E-state index contributed by atoms with van der Waals surface area (Å²) in [5.41, 5.74) is 0.691. The highest BCUT2D eigenvalue weighted by atomic mass is 32.1. The zero-order chi connectivity index (χ0) is 15.0. The third kappa shape index (κ3) is 2.42. The van der Waals surface area contributed by atoms with Crippen LogP contribution in [0.15, 0.2) is 11.4 Å². The zero-order valence-corrected chi connectivity index (χ0v) is 12.5. The number of rotatable bonds is 2. The monoisotopic (exact) mass is 306 g/mol. The molecule has 2 aromatic rings. The normalized spacial score (nSPS) is 15.6. The van der Waals surface area contributed by atoms with Gasteiger partial charge < -0.3 is 14.5 Å². The number of methoxy groups -OCH3 is 1. The molecule has 21 heavy (non-hydrogen) atoms. The minimum absolute atomic E-state index is 0.0183. The van der Waals surface area contributed by atoms with Crippen molar-refractivity contribution in [2.75, 3.05) is 38.7 Å².